The maximum atomic E-state index is 4.54. The third kappa shape index (κ3) is 1.52. The molecule has 0 aliphatic heterocycles. The van der Waals surface area contributed by atoms with Crippen LogP contribution >= 0.6 is 33.9 Å². The molecule has 1 aromatic carbocycles. The quantitative estimate of drug-likeness (QED) is 0.588. The topological polar surface area (TPSA) is 25.8 Å². The van der Waals surface area contributed by atoms with E-state index in [0.29, 0.717) is 0 Å². The third-order valence-corrected chi connectivity index (χ3v) is 3.89. The highest BCUT2D eigenvalue weighted by molar-refractivity contribution is 14.1. The van der Waals surface area contributed by atoms with Crippen molar-refractivity contribution in [3.05, 3.63) is 33.7 Å². The molecule has 2 heterocycles. The summed E-state index contributed by atoms with van der Waals surface area (Å²) in [6, 6.07) is 6.45. The summed E-state index contributed by atoms with van der Waals surface area (Å²) in [6.07, 6.45) is 1.81. The first kappa shape index (κ1) is 9.47. The Balaban J connectivity index is 2.55. The van der Waals surface area contributed by atoms with Crippen LogP contribution in [0.15, 0.2) is 24.4 Å². The fourth-order valence-corrected chi connectivity index (χ4v) is 2.98. The lowest BCUT2D eigenvalue weighted by atomic mass is 10.2. The van der Waals surface area contributed by atoms with Crippen molar-refractivity contribution < 1.29 is 0 Å². The van der Waals surface area contributed by atoms with E-state index < -0.39 is 0 Å². The molecule has 74 valence electrons. The molecule has 15 heavy (non-hydrogen) atoms. The second kappa shape index (κ2) is 3.38. The second-order valence-corrected chi connectivity index (χ2v) is 5.58. The molecule has 0 aliphatic carbocycles. The van der Waals surface area contributed by atoms with E-state index in [1.807, 2.05) is 6.20 Å². The number of aromatic nitrogens is 2. The normalized spacial score (nSPS) is 11.3. The molecule has 0 saturated heterocycles. The molecule has 2 nitrogen and oxygen atoms in total. The number of benzene rings is 1. The van der Waals surface area contributed by atoms with Crippen LogP contribution in [0.3, 0.4) is 0 Å². The van der Waals surface area contributed by atoms with Crippen molar-refractivity contribution >= 4 is 54.4 Å². The van der Waals surface area contributed by atoms with E-state index in [1.54, 1.807) is 11.3 Å². The zero-order chi connectivity index (χ0) is 10.4. The Labute approximate surface area is 105 Å². The van der Waals surface area contributed by atoms with Crippen LogP contribution in [-0.4, -0.2) is 9.97 Å². The highest BCUT2D eigenvalue weighted by Crippen LogP contribution is 2.31. The summed E-state index contributed by atoms with van der Waals surface area (Å²) in [5, 5.41) is 1.22. The minimum atomic E-state index is 0.946. The van der Waals surface area contributed by atoms with Crippen LogP contribution in [0.2, 0.25) is 0 Å². The van der Waals surface area contributed by atoms with E-state index in [0.717, 1.165) is 14.0 Å². The Bertz CT molecular complexity index is 604. The molecule has 0 aliphatic rings. The first-order chi connectivity index (χ1) is 7.24. The van der Waals surface area contributed by atoms with Gasteiger partial charge in [0.2, 0.25) is 0 Å². The molecular formula is C11H7IN2S. The van der Waals surface area contributed by atoms with E-state index in [2.05, 4.69) is 57.7 Å². The largest absolute Gasteiger partial charge is 0.241 e. The molecule has 0 N–H and O–H groups in total. The van der Waals surface area contributed by atoms with Gasteiger partial charge in [-0.3, -0.25) is 0 Å². The zero-order valence-electron chi connectivity index (χ0n) is 7.99. The van der Waals surface area contributed by atoms with Gasteiger partial charge >= 0.3 is 0 Å². The number of hydrogen-bond donors (Lipinski definition) is 0. The lowest BCUT2D eigenvalue weighted by Gasteiger charge is -1.93. The Morgan fingerprint density at radius 1 is 1.33 bits per heavy atom. The average Bonchev–Trinajstić information content (AvgIpc) is 2.56. The van der Waals surface area contributed by atoms with E-state index in [9.17, 15) is 0 Å². The third-order valence-electron chi connectivity index (χ3n) is 2.31. The maximum Gasteiger partial charge on any atom is 0.143 e. The SMILES string of the molecule is Cc1ccc2sc3ncc(I)nc3c2c1. The van der Waals surface area contributed by atoms with Gasteiger partial charge in [0.05, 0.1) is 6.20 Å². The van der Waals surface area contributed by atoms with Crippen molar-refractivity contribution in [2.24, 2.45) is 0 Å². The van der Waals surface area contributed by atoms with Crippen LogP contribution in [0.5, 0.6) is 0 Å². The van der Waals surface area contributed by atoms with Crippen molar-refractivity contribution in [2.45, 2.75) is 6.92 Å². The van der Waals surface area contributed by atoms with Gasteiger partial charge in [-0.1, -0.05) is 11.6 Å². The van der Waals surface area contributed by atoms with Gasteiger partial charge in [0.15, 0.2) is 0 Å². The lowest BCUT2D eigenvalue weighted by Crippen LogP contribution is -1.82. The summed E-state index contributed by atoms with van der Waals surface area (Å²) in [5.41, 5.74) is 2.30. The molecule has 0 amide bonds. The number of halogens is 1. The molecular weight excluding hydrogens is 319 g/mol. The minimum Gasteiger partial charge on any atom is -0.241 e. The van der Waals surface area contributed by atoms with E-state index in [-0.39, 0.29) is 0 Å². The summed E-state index contributed by atoms with van der Waals surface area (Å²) < 4.78 is 2.21. The van der Waals surface area contributed by atoms with Gasteiger partial charge in [0.1, 0.15) is 14.0 Å². The van der Waals surface area contributed by atoms with Crippen LogP contribution in [0, 0.1) is 10.6 Å². The van der Waals surface area contributed by atoms with Gasteiger partial charge in [-0.25, -0.2) is 9.97 Å². The van der Waals surface area contributed by atoms with E-state index in [1.165, 1.54) is 15.6 Å². The Hall–Kier alpha value is -0.750. The van der Waals surface area contributed by atoms with Gasteiger partial charge in [-0.05, 0) is 41.6 Å². The molecule has 0 spiro atoms. The van der Waals surface area contributed by atoms with Crippen molar-refractivity contribution in [1.29, 1.82) is 0 Å². The predicted octanol–water partition coefficient (Wildman–Crippen LogP) is 3.76. The number of nitrogens with zero attached hydrogens (tertiary/aromatic N) is 2. The Kier molecular flexibility index (Phi) is 2.14. The number of rotatable bonds is 0. The molecule has 3 rings (SSSR count). The summed E-state index contributed by atoms with van der Waals surface area (Å²) >= 11 is 3.90. The number of aryl methyl sites for hydroxylation is 1. The Morgan fingerprint density at radius 2 is 2.20 bits per heavy atom. The zero-order valence-corrected chi connectivity index (χ0v) is 11.0. The average molecular weight is 326 g/mol. The fraction of sp³-hybridized carbons (Fsp3) is 0.0909. The van der Waals surface area contributed by atoms with Gasteiger partial charge in [0.25, 0.3) is 0 Å². The van der Waals surface area contributed by atoms with Gasteiger partial charge < -0.3 is 0 Å². The first-order valence-corrected chi connectivity index (χ1v) is 6.45. The van der Waals surface area contributed by atoms with Crippen LogP contribution in [0.4, 0.5) is 0 Å². The Morgan fingerprint density at radius 3 is 3.07 bits per heavy atom. The predicted molar refractivity (Wildman–Crippen MR) is 72.4 cm³/mol. The van der Waals surface area contributed by atoms with Crippen LogP contribution < -0.4 is 0 Å². The lowest BCUT2D eigenvalue weighted by molar-refractivity contribution is 1.27. The van der Waals surface area contributed by atoms with Crippen LogP contribution in [0.1, 0.15) is 5.56 Å². The van der Waals surface area contributed by atoms with E-state index >= 15 is 0 Å². The standard InChI is InChI=1S/C11H7IN2S/c1-6-2-3-8-7(4-6)10-11(15-8)13-5-9(12)14-10/h2-5H,1H3. The molecule has 0 radical (unpaired) electrons. The smallest absolute Gasteiger partial charge is 0.143 e. The number of hydrogen-bond acceptors (Lipinski definition) is 3. The molecule has 0 unspecified atom stereocenters. The highest BCUT2D eigenvalue weighted by atomic mass is 127. The van der Waals surface area contributed by atoms with Crippen molar-refractivity contribution in [3.8, 4) is 0 Å². The van der Waals surface area contributed by atoms with E-state index in [4.69, 9.17) is 0 Å². The molecule has 0 bridgehead atoms. The molecule has 3 aromatic rings. The first-order valence-electron chi connectivity index (χ1n) is 4.55. The number of thiophene rings is 1. The summed E-state index contributed by atoms with van der Waals surface area (Å²) in [6.45, 7) is 2.10. The molecule has 0 fully saturated rings. The van der Waals surface area contributed by atoms with Gasteiger partial charge in [-0.2, -0.15) is 0 Å². The van der Waals surface area contributed by atoms with Crippen molar-refractivity contribution in [2.75, 3.05) is 0 Å². The van der Waals surface area contributed by atoms with Crippen molar-refractivity contribution in [1.82, 2.24) is 9.97 Å². The highest BCUT2D eigenvalue weighted by Gasteiger charge is 2.07. The summed E-state index contributed by atoms with van der Waals surface area (Å²) in [5.74, 6) is 0. The maximum absolute atomic E-state index is 4.54. The monoisotopic (exact) mass is 326 g/mol. The summed E-state index contributed by atoms with van der Waals surface area (Å²) in [4.78, 5) is 9.96. The molecule has 2 aromatic heterocycles. The fourth-order valence-electron chi connectivity index (χ4n) is 1.63. The number of fused-ring (bicyclic) bond motifs is 3. The molecule has 4 heteroatoms. The van der Waals surface area contributed by atoms with Crippen molar-refractivity contribution in [3.63, 3.8) is 0 Å². The summed E-state index contributed by atoms with van der Waals surface area (Å²) in [7, 11) is 0. The molecule has 0 atom stereocenters. The van der Waals surface area contributed by atoms with Gasteiger partial charge in [-0.15, -0.1) is 11.3 Å². The second-order valence-electron chi connectivity index (χ2n) is 3.45. The van der Waals surface area contributed by atoms with Crippen LogP contribution in [0.25, 0.3) is 20.4 Å². The minimum absolute atomic E-state index is 0.946. The van der Waals surface area contributed by atoms with Gasteiger partial charge in [0, 0.05) is 10.1 Å². The van der Waals surface area contributed by atoms with Crippen LogP contribution in [-0.2, 0) is 0 Å². The molecule has 0 saturated carbocycles.